The van der Waals surface area contributed by atoms with Crippen LogP contribution in [0.15, 0.2) is 45.6 Å². The minimum Gasteiger partial charge on any atom is -0.298 e. The number of carbonyl (C=O) groups excluding carboxylic acids is 1. The summed E-state index contributed by atoms with van der Waals surface area (Å²) in [7, 11) is -2.06. The Balaban J connectivity index is 1.57. The first kappa shape index (κ1) is 22.2. The largest absolute Gasteiger partial charge is 0.298 e. The highest BCUT2D eigenvalue weighted by Crippen LogP contribution is 2.38. The van der Waals surface area contributed by atoms with Crippen molar-refractivity contribution in [3.05, 3.63) is 42.0 Å². The molecule has 2 aromatic carbocycles. The van der Waals surface area contributed by atoms with E-state index in [1.165, 1.54) is 47.0 Å². The number of nitrogens with one attached hydrogen (secondary N) is 1. The predicted molar refractivity (Wildman–Crippen MR) is 129 cm³/mol. The summed E-state index contributed by atoms with van der Waals surface area (Å²) in [4.78, 5) is 21.9. The minimum absolute atomic E-state index is 0.150. The van der Waals surface area contributed by atoms with Gasteiger partial charge in [0, 0.05) is 18.7 Å². The molecule has 4 aromatic rings. The molecule has 0 aliphatic carbocycles. The van der Waals surface area contributed by atoms with Crippen molar-refractivity contribution >= 4 is 75.9 Å². The quantitative estimate of drug-likeness (QED) is 0.385. The number of fused-ring (bicyclic) bond motifs is 3. The molecular formula is C20H20N4O3S4. The second-order valence-electron chi connectivity index (χ2n) is 7.06. The molecule has 1 amide bonds. The number of carbonyl (C=O) groups is 1. The Labute approximate surface area is 192 Å². The van der Waals surface area contributed by atoms with Crippen LogP contribution >= 0.6 is 34.4 Å². The van der Waals surface area contributed by atoms with Crippen LogP contribution in [0.25, 0.3) is 20.4 Å². The smallest absolute Gasteiger partial charge is 0.257 e. The van der Waals surface area contributed by atoms with Crippen molar-refractivity contribution in [3.63, 3.8) is 0 Å². The molecule has 0 bridgehead atoms. The lowest BCUT2D eigenvalue weighted by molar-refractivity contribution is 0.102. The van der Waals surface area contributed by atoms with Crippen LogP contribution in [-0.2, 0) is 10.0 Å². The van der Waals surface area contributed by atoms with E-state index < -0.39 is 10.0 Å². The summed E-state index contributed by atoms with van der Waals surface area (Å²) in [5.41, 5.74) is 2.09. The van der Waals surface area contributed by atoms with Gasteiger partial charge in [0.2, 0.25) is 10.0 Å². The molecule has 0 spiro atoms. The number of anilines is 1. The third kappa shape index (κ3) is 4.20. The van der Waals surface area contributed by atoms with Gasteiger partial charge in [-0.1, -0.05) is 23.1 Å². The number of hydrogen-bond donors (Lipinski definition) is 1. The first-order valence-corrected chi connectivity index (χ1v) is 13.6. The molecule has 0 saturated heterocycles. The Morgan fingerprint density at radius 2 is 1.65 bits per heavy atom. The number of amides is 1. The maximum absolute atomic E-state index is 12.7. The number of benzene rings is 2. The molecule has 0 unspecified atom stereocenters. The van der Waals surface area contributed by atoms with Crippen molar-refractivity contribution < 1.29 is 13.2 Å². The van der Waals surface area contributed by atoms with E-state index in [9.17, 15) is 13.2 Å². The van der Waals surface area contributed by atoms with Crippen LogP contribution < -0.4 is 5.32 Å². The van der Waals surface area contributed by atoms with Crippen LogP contribution in [0.3, 0.4) is 0 Å². The van der Waals surface area contributed by atoms with Crippen LogP contribution in [0.1, 0.15) is 24.2 Å². The summed E-state index contributed by atoms with van der Waals surface area (Å²) in [6, 6.07) is 9.60. The lowest BCUT2D eigenvalue weighted by Crippen LogP contribution is -2.33. The van der Waals surface area contributed by atoms with Crippen molar-refractivity contribution in [2.24, 2.45) is 0 Å². The molecule has 7 nitrogen and oxygen atoms in total. The van der Waals surface area contributed by atoms with Gasteiger partial charge in [0.25, 0.3) is 5.91 Å². The molecule has 11 heteroatoms. The van der Waals surface area contributed by atoms with Gasteiger partial charge in [-0.25, -0.2) is 18.4 Å². The Bertz CT molecular complexity index is 1370. The fourth-order valence-corrected chi connectivity index (χ4v) is 6.91. The summed E-state index contributed by atoms with van der Waals surface area (Å²) < 4.78 is 29.5. The summed E-state index contributed by atoms with van der Waals surface area (Å²) in [6.07, 6.45) is 1.99. The van der Waals surface area contributed by atoms with Gasteiger partial charge in [-0.3, -0.25) is 10.1 Å². The van der Waals surface area contributed by atoms with Gasteiger partial charge in [-0.15, -0.1) is 11.3 Å². The van der Waals surface area contributed by atoms with Crippen LogP contribution in [0, 0.1) is 0 Å². The second kappa shape index (κ2) is 8.47. The lowest BCUT2D eigenvalue weighted by atomic mass is 10.2. The normalized spacial score (nSPS) is 12.3. The Morgan fingerprint density at radius 3 is 2.26 bits per heavy atom. The molecule has 0 saturated carbocycles. The van der Waals surface area contributed by atoms with Crippen molar-refractivity contribution in [2.45, 2.75) is 29.1 Å². The van der Waals surface area contributed by atoms with E-state index in [4.69, 9.17) is 0 Å². The van der Waals surface area contributed by atoms with Crippen LogP contribution in [-0.4, -0.2) is 47.9 Å². The fourth-order valence-electron chi connectivity index (χ4n) is 2.88. The molecule has 4 rings (SSSR count). The summed E-state index contributed by atoms with van der Waals surface area (Å²) in [5, 5.41) is 3.31. The van der Waals surface area contributed by atoms with E-state index in [0.29, 0.717) is 10.7 Å². The Kier molecular flexibility index (Phi) is 6.05. The van der Waals surface area contributed by atoms with Gasteiger partial charge in [0.15, 0.2) is 9.47 Å². The van der Waals surface area contributed by atoms with E-state index in [1.54, 1.807) is 36.9 Å². The molecule has 0 fully saturated rings. The molecule has 162 valence electrons. The zero-order valence-electron chi connectivity index (χ0n) is 17.2. The third-order valence-electron chi connectivity index (χ3n) is 4.81. The van der Waals surface area contributed by atoms with Crippen molar-refractivity contribution in [2.75, 3.05) is 18.6 Å². The number of thiazole rings is 2. The molecule has 1 N–H and O–H groups in total. The summed E-state index contributed by atoms with van der Waals surface area (Å²) >= 11 is 4.62. The van der Waals surface area contributed by atoms with Gasteiger partial charge in [0.1, 0.15) is 0 Å². The zero-order valence-corrected chi connectivity index (χ0v) is 20.5. The first-order valence-electron chi connectivity index (χ1n) is 9.34. The van der Waals surface area contributed by atoms with Crippen LogP contribution in [0.5, 0.6) is 0 Å². The Morgan fingerprint density at radius 1 is 1.03 bits per heavy atom. The van der Waals surface area contributed by atoms with E-state index >= 15 is 0 Å². The van der Waals surface area contributed by atoms with Gasteiger partial charge >= 0.3 is 0 Å². The summed E-state index contributed by atoms with van der Waals surface area (Å²) in [6.45, 7) is 3.61. The average molecular weight is 493 g/mol. The first-order chi connectivity index (χ1) is 14.7. The SMILES string of the molecule is CSc1nc2ccc3nc(NC(=O)c4ccc(S(=O)(=O)N(C)C(C)C)cc4)sc3c2s1. The highest BCUT2D eigenvalue weighted by atomic mass is 32.2. The highest BCUT2D eigenvalue weighted by molar-refractivity contribution is 8.00. The summed E-state index contributed by atoms with van der Waals surface area (Å²) in [5.74, 6) is -0.342. The van der Waals surface area contributed by atoms with Crippen molar-refractivity contribution in [1.29, 1.82) is 0 Å². The van der Waals surface area contributed by atoms with Gasteiger partial charge in [-0.05, 0) is 56.5 Å². The number of sulfonamides is 1. The number of thioether (sulfide) groups is 1. The predicted octanol–water partition coefficient (Wildman–Crippen LogP) is 4.91. The second-order valence-corrected chi connectivity index (χ2v) is 12.1. The molecule has 0 atom stereocenters. The van der Waals surface area contributed by atoms with Crippen LogP contribution in [0.2, 0.25) is 0 Å². The third-order valence-corrected chi connectivity index (χ3v) is 10.1. The Hall–Kier alpha value is -2.05. The number of aromatic nitrogens is 2. The van der Waals surface area contributed by atoms with E-state index in [2.05, 4.69) is 15.3 Å². The van der Waals surface area contributed by atoms with Crippen molar-refractivity contribution in [1.82, 2.24) is 14.3 Å². The standard InChI is InChI=1S/C20H20N4O3S4/c1-11(2)24(3)31(26,27)13-7-5-12(6-8-13)18(25)23-19-21-14-9-10-15-17(16(14)29-19)30-20(22-15)28-4/h5-11H,1-4H3,(H,21,23,25). The topological polar surface area (TPSA) is 92.3 Å². The molecular weight excluding hydrogens is 473 g/mol. The number of hydrogen-bond acceptors (Lipinski definition) is 8. The van der Waals surface area contributed by atoms with E-state index in [0.717, 1.165) is 24.8 Å². The molecule has 0 radical (unpaired) electrons. The monoisotopic (exact) mass is 492 g/mol. The number of rotatable bonds is 6. The molecule has 31 heavy (non-hydrogen) atoms. The van der Waals surface area contributed by atoms with Gasteiger partial charge < -0.3 is 0 Å². The van der Waals surface area contributed by atoms with Gasteiger partial charge in [0.05, 0.1) is 25.3 Å². The molecule has 0 aliphatic rings. The maximum Gasteiger partial charge on any atom is 0.257 e. The fraction of sp³-hybridized carbons (Fsp3) is 0.250. The van der Waals surface area contributed by atoms with E-state index in [-0.39, 0.29) is 16.8 Å². The molecule has 2 aromatic heterocycles. The van der Waals surface area contributed by atoms with E-state index in [1.807, 2.05) is 18.4 Å². The lowest BCUT2D eigenvalue weighted by Gasteiger charge is -2.20. The minimum atomic E-state index is -3.59. The molecule has 2 heterocycles. The highest BCUT2D eigenvalue weighted by Gasteiger charge is 2.23. The van der Waals surface area contributed by atoms with Crippen molar-refractivity contribution in [3.8, 4) is 0 Å². The maximum atomic E-state index is 12.7. The number of nitrogens with zero attached hydrogens (tertiary/aromatic N) is 3. The zero-order chi connectivity index (χ0) is 22.3. The molecule has 0 aliphatic heterocycles. The average Bonchev–Trinajstić information content (AvgIpc) is 3.36. The van der Waals surface area contributed by atoms with Crippen LogP contribution in [0.4, 0.5) is 5.13 Å². The van der Waals surface area contributed by atoms with Gasteiger partial charge in [-0.2, -0.15) is 4.31 Å².